The summed E-state index contributed by atoms with van der Waals surface area (Å²) in [6.07, 6.45) is 9.73. The molecule has 3 aromatic carbocycles. The van der Waals surface area contributed by atoms with Crippen molar-refractivity contribution in [2.24, 2.45) is 5.92 Å². The molecular weight excluding hydrogens is 557 g/mol. The van der Waals surface area contributed by atoms with Crippen molar-refractivity contribution in [1.82, 2.24) is 20.2 Å². The number of halogens is 2. The highest BCUT2D eigenvalue weighted by Crippen LogP contribution is 2.30. The first kappa shape index (κ1) is 30.4. The molecule has 0 bridgehead atoms. The van der Waals surface area contributed by atoms with Crippen LogP contribution in [-0.2, 0) is 13.1 Å². The van der Waals surface area contributed by atoms with Crippen molar-refractivity contribution in [2.45, 2.75) is 45.2 Å². The van der Waals surface area contributed by atoms with Crippen LogP contribution in [0.4, 0.5) is 5.69 Å². The van der Waals surface area contributed by atoms with Gasteiger partial charge in [-0.3, -0.25) is 9.59 Å². The van der Waals surface area contributed by atoms with Gasteiger partial charge in [-0.05, 0) is 53.3 Å². The number of anilines is 1. The lowest BCUT2D eigenvalue weighted by molar-refractivity contribution is 0.0753. The molecule has 4 aromatic rings. The molecule has 216 valence electrons. The number of fused-ring (bicyclic) bond motifs is 2. The molecule has 9 heteroatoms. The molecule has 1 aromatic heterocycles. The molecule has 1 fully saturated rings. The van der Waals surface area contributed by atoms with E-state index < -0.39 is 0 Å². The largest absolute Gasteiger partial charge is 0.364 e. The van der Waals surface area contributed by atoms with Crippen molar-refractivity contribution in [3.63, 3.8) is 0 Å². The molecule has 2 heterocycles. The second kappa shape index (κ2) is 13.9. The van der Waals surface area contributed by atoms with Gasteiger partial charge in [-0.25, -0.2) is 4.98 Å². The van der Waals surface area contributed by atoms with Crippen LogP contribution in [0.2, 0.25) is 0 Å². The van der Waals surface area contributed by atoms with Gasteiger partial charge >= 0.3 is 0 Å². The van der Waals surface area contributed by atoms with Crippen LogP contribution in [0.25, 0.3) is 10.8 Å². The molecule has 7 nitrogen and oxygen atoms in total. The summed E-state index contributed by atoms with van der Waals surface area (Å²) in [5, 5.41) is 5.20. The van der Waals surface area contributed by atoms with Gasteiger partial charge in [0.25, 0.3) is 11.8 Å². The van der Waals surface area contributed by atoms with Crippen molar-refractivity contribution in [3.8, 4) is 0 Å². The van der Waals surface area contributed by atoms with Gasteiger partial charge < -0.3 is 20.1 Å². The zero-order valence-electron chi connectivity index (χ0n) is 23.1. The van der Waals surface area contributed by atoms with Crippen LogP contribution in [0.3, 0.4) is 0 Å². The number of aromatic amines is 1. The molecule has 41 heavy (non-hydrogen) atoms. The predicted octanol–water partition coefficient (Wildman–Crippen LogP) is 6.38. The van der Waals surface area contributed by atoms with E-state index in [4.69, 9.17) is 0 Å². The summed E-state index contributed by atoms with van der Waals surface area (Å²) in [6.45, 7) is 3.07. The monoisotopic (exact) mass is 593 g/mol. The summed E-state index contributed by atoms with van der Waals surface area (Å²) in [7, 11) is 0. The van der Waals surface area contributed by atoms with Crippen LogP contribution < -0.4 is 10.2 Å². The first-order valence-corrected chi connectivity index (χ1v) is 14.1. The van der Waals surface area contributed by atoms with E-state index in [-0.39, 0.29) is 36.6 Å². The van der Waals surface area contributed by atoms with E-state index in [1.54, 1.807) is 6.33 Å². The lowest BCUT2D eigenvalue weighted by Gasteiger charge is -2.25. The smallest absolute Gasteiger partial charge is 0.254 e. The zero-order chi connectivity index (χ0) is 26.6. The number of imidazole rings is 1. The van der Waals surface area contributed by atoms with Crippen molar-refractivity contribution < 1.29 is 9.59 Å². The first-order valence-electron chi connectivity index (χ1n) is 14.1. The number of nitrogens with zero attached hydrogens (tertiary/aromatic N) is 3. The van der Waals surface area contributed by atoms with Gasteiger partial charge in [0.1, 0.15) is 0 Å². The maximum absolute atomic E-state index is 13.8. The second-order valence-corrected chi connectivity index (χ2v) is 10.8. The van der Waals surface area contributed by atoms with Crippen LogP contribution in [-0.4, -0.2) is 46.3 Å². The molecular formula is C32H37Cl2N5O2. The highest BCUT2D eigenvalue weighted by atomic mass is 35.5. The topological polar surface area (TPSA) is 81.3 Å². The Morgan fingerprint density at radius 1 is 0.951 bits per heavy atom. The Labute approximate surface area is 253 Å². The van der Waals surface area contributed by atoms with Crippen LogP contribution in [0.1, 0.15) is 64.1 Å². The van der Waals surface area contributed by atoms with Crippen molar-refractivity contribution >= 4 is 53.1 Å². The van der Waals surface area contributed by atoms with Crippen LogP contribution in [0.5, 0.6) is 0 Å². The van der Waals surface area contributed by atoms with E-state index >= 15 is 0 Å². The van der Waals surface area contributed by atoms with Gasteiger partial charge in [-0.15, -0.1) is 24.8 Å². The SMILES string of the molecule is Cl.Cl.O=C(NCC1CCCCC1)c1ccc2c(c1)N(Cc1cnc[nH]1)CCN(C(=O)c1cccc3ccccc13)C2. The highest BCUT2D eigenvalue weighted by Gasteiger charge is 2.26. The molecule has 1 saturated carbocycles. The van der Waals surface area contributed by atoms with Gasteiger partial charge in [-0.1, -0.05) is 61.7 Å². The summed E-state index contributed by atoms with van der Waals surface area (Å²) < 4.78 is 0. The molecule has 0 radical (unpaired) electrons. The number of rotatable bonds is 6. The van der Waals surface area contributed by atoms with E-state index in [2.05, 4.69) is 20.2 Å². The van der Waals surface area contributed by atoms with Gasteiger partial charge in [0.15, 0.2) is 0 Å². The molecule has 6 rings (SSSR count). The lowest BCUT2D eigenvalue weighted by Crippen LogP contribution is -2.35. The Kier molecular flexibility index (Phi) is 10.3. The number of hydrogen-bond donors (Lipinski definition) is 2. The fourth-order valence-corrected chi connectivity index (χ4v) is 6.01. The lowest BCUT2D eigenvalue weighted by atomic mass is 9.89. The molecule has 0 spiro atoms. The molecule has 0 saturated heterocycles. The maximum atomic E-state index is 13.8. The Morgan fingerprint density at radius 2 is 1.76 bits per heavy atom. The molecule has 0 unspecified atom stereocenters. The van der Waals surface area contributed by atoms with Gasteiger partial charge in [-0.2, -0.15) is 0 Å². The van der Waals surface area contributed by atoms with E-state index in [9.17, 15) is 9.59 Å². The number of nitrogens with one attached hydrogen (secondary N) is 2. The maximum Gasteiger partial charge on any atom is 0.254 e. The summed E-state index contributed by atoms with van der Waals surface area (Å²) in [5.74, 6) is 0.572. The summed E-state index contributed by atoms with van der Waals surface area (Å²) in [4.78, 5) is 38.5. The average Bonchev–Trinajstić information content (AvgIpc) is 3.43. The van der Waals surface area contributed by atoms with Gasteiger partial charge in [0.05, 0.1) is 18.6 Å². The Morgan fingerprint density at radius 3 is 2.56 bits per heavy atom. The summed E-state index contributed by atoms with van der Waals surface area (Å²) in [6, 6.07) is 19.8. The van der Waals surface area contributed by atoms with E-state index in [0.29, 0.717) is 37.7 Å². The zero-order valence-corrected chi connectivity index (χ0v) is 24.7. The fourth-order valence-electron chi connectivity index (χ4n) is 6.01. The Hall–Kier alpha value is -3.55. The van der Waals surface area contributed by atoms with Crippen molar-refractivity contribution in [3.05, 3.63) is 95.6 Å². The van der Waals surface area contributed by atoms with Crippen LogP contribution >= 0.6 is 24.8 Å². The molecule has 1 aliphatic carbocycles. The average molecular weight is 595 g/mol. The first-order chi connectivity index (χ1) is 19.2. The number of H-pyrrole nitrogens is 1. The molecule has 1 aliphatic heterocycles. The van der Waals surface area contributed by atoms with Crippen molar-refractivity contribution in [1.29, 1.82) is 0 Å². The number of benzene rings is 3. The minimum atomic E-state index is -0.0298. The van der Waals surface area contributed by atoms with Crippen LogP contribution in [0, 0.1) is 5.92 Å². The van der Waals surface area contributed by atoms with E-state index in [1.165, 1.54) is 32.1 Å². The number of amides is 2. The predicted molar refractivity (Wildman–Crippen MR) is 168 cm³/mol. The minimum absolute atomic E-state index is 0. The number of aromatic nitrogens is 2. The quantitative estimate of drug-likeness (QED) is 0.272. The Bertz CT molecular complexity index is 1460. The van der Waals surface area contributed by atoms with E-state index in [1.807, 2.05) is 71.8 Å². The normalized spacial score (nSPS) is 15.3. The third kappa shape index (κ3) is 6.85. The van der Waals surface area contributed by atoms with Crippen LogP contribution in [0.15, 0.2) is 73.2 Å². The number of carbonyl (C=O) groups excluding carboxylic acids is 2. The summed E-state index contributed by atoms with van der Waals surface area (Å²) >= 11 is 0. The molecule has 2 aliphatic rings. The number of carbonyl (C=O) groups is 2. The minimum Gasteiger partial charge on any atom is -0.364 e. The van der Waals surface area contributed by atoms with Crippen molar-refractivity contribution in [2.75, 3.05) is 24.5 Å². The Balaban J connectivity index is 0.00000194. The molecule has 0 atom stereocenters. The fraction of sp³-hybridized carbons (Fsp3) is 0.344. The van der Waals surface area contributed by atoms with Gasteiger partial charge in [0.2, 0.25) is 0 Å². The highest BCUT2D eigenvalue weighted by molar-refractivity contribution is 6.07. The third-order valence-corrected chi connectivity index (χ3v) is 8.19. The second-order valence-electron chi connectivity index (χ2n) is 10.8. The van der Waals surface area contributed by atoms with E-state index in [0.717, 1.165) is 39.8 Å². The summed E-state index contributed by atoms with van der Waals surface area (Å²) in [5.41, 5.74) is 4.39. The standard InChI is InChI=1S/C32H35N5O2.2ClH/c38-31(34-18-23-7-2-1-3-8-23)25-13-14-26-20-37(16-15-36(30(26)17-25)21-27-19-33-22-35-27)32(39)29-12-6-10-24-9-4-5-11-28(24)29;;/h4-6,9-14,17,19,22-23H,1-3,7-8,15-16,18,20-21H2,(H,33,35)(H,34,38);2*1H. The third-order valence-electron chi connectivity index (χ3n) is 8.19. The molecule has 2 N–H and O–H groups in total. The number of hydrogen-bond acceptors (Lipinski definition) is 4. The molecule has 2 amide bonds. The van der Waals surface area contributed by atoms with Gasteiger partial charge in [0, 0.05) is 49.2 Å².